The first kappa shape index (κ1) is 12.2. The highest BCUT2D eigenvalue weighted by Gasteiger charge is 2.11. The number of aryl methyl sites for hydroxylation is 1. The van der Waals surface area contributed by atoms with Gasteiger partial charge < -0.3 is 10.1 Å². The van der Waals surface area contributed by atoms with E-state index in [4.69, 9.17) is 0 Å². The fraction of sp³-hybridized carbons (Fsp3) is 0.667. The van der Waals surface area contributed by atoms with Crippen LogP contribution in [-0.2, 0) is 6.54 Å². The fourth-order valence-electron chi connectivity index (χ4n) is 1.26. The number of alkyl halides is 1. The van der Waals surface area contributed by atoms with Crippen molar-refractivity contribution in [1.29, 1.82) is 0 Å². The first-order chi connectivity index (χ1) is 7.13. The summed E-state index contributed by atoms with van der Waals surface area (Å²) in [4.78, 5) is 9.90. The van der Waals surface area contributed by atoms with E-state index in [1.807, 2.05) is 0 Å². The first-order valence-electron chi connectivity index (χ1n) is 4.87. The molecule has 0 radical (unpaired) electrons. The van der Waals surface area contributed by atoms with Gasteiger partial charge in [-0.25, -0.2) is 0 Å². The monoisotopic (exact) mass is 275 g/mol. The molecule has 0 N–H and O–H groups in total. The third kappa shape index (κ3) is 3.99. The predicted octanol–water partition coefficient (Wildman–Crippen LogP) is 2.60. The highest BCUT2D eigenvalue weighted by molar-refractivity contribution is 9.09. The summed E-state index contributed by atoms with van der Waals surface area (Å²) >= 11 is 3.39. The van der Waals surface area contributed by atoms with E-state index in [9.17, 15) is 10.1 Å². The third-order valence-corrected chi connectivity index (χ3v) is 2.72. The summed E-state index contributed by atoms with van der Waals surface area (Å²) in [6.07, 6.45) is 3.76. The molecule has 0 bridgehead atoms. The van der Waals surface area contributed by atoms with Crippen LogP contribution in [0.15, 0.2) is 12.3 Å². The second kappa shape index (κ2) is 5.85. The van der Waals surface area contributed by atoms with Crippen LogP contribution in [0, 0.1) is 16.0 Å². The topological polar surface area (TPSA) is 61.0 Å². The second-order valence-corrected chi connectivity index (χ2v) is 4.36. The molecule has 0 spiro atoms. The Balaban J connectivity index is 2.40. The summed E-state index contributed by atoms with van der Waals surface area (Å²) in [5, 5.41) is 15.2. The lowest BCUT2D eigenvalue weighted by molar-refractivity contribution is -0.389. The Morgan fingerprint density at radius 2 is 2.40 bits per heavy atom. The lowest BCUT2D eigenvalue weighted by Crippen LogP contribution is -2.05. The molecule has 1 aromatic rings. The number of hydrogen-bond acceptors (Lipinski definition) is 3. The van der Waals surface area contributed by atoms with E-state index in [2.05, 4.69) is 28.0 Å². The van der Waals surface area contributed by atoms with E-state index in [1.54, 1.807) is 10.9 Å². The van der Waals surface area contributed by atoms with Gasteiger partial charge >= 0.3 is 5.82 Å². The lowest BCUT2D eigenvalue weighted by atomic mass is 10.1. The van der Waals surface area contributed by atoms with Crippen LogP contribution in [0.25, 0.3) is 0 Å². The maximum Gasteiger partial charge on any atom is 0.389 e. The van der Waals surface area contributed by atoms with Crippen LogP contribution >= 0.6 is 15.9 Å². The van der Waals surface area contributed by atoms with Crippen molar-refractivity contribution >= 4 is 21.7 Å². The molecule has 5 nitrogen and oxygen atoms in total. The molecule has 0 aromatic carbocycles. The fourth-order valence-corrected chi connectivity index (χ4v) is 2.04. The van der Waals surface area contributed by atoms with Gasteiger partial charge in [0.25, 0.3) is 0 Å². The molecule has 0 aliphatic heterocycles. The Labute approximate surface area is 96.7 Å². The van der Waals surface area contributed by atoms with Gasteiger partial charge in [-0.3, -0.25) is 0 Å². The minimum Gasteiger partial charge on any atom is -0.358 e. The maximum absolute atomic E-state index is 10.4. The van der Waals surface area contributed by atoms with Crippen molar-refractivity contribution in [3.05, 3.63) is 22.4 Å². The van der Waals surface area contributed by atoms with Gasteiger partial charge in [-0.1, -0.05) is 22.9 Å². The van der Waals surface area contributed by atoms with Crippen LogP contribution in [0.5, 0.6) is 0 Å². The molecule has 1 atom stereocenters. The number of nitro groups is 1. The van der Waals surface area contributed by atoms with E-state index in [0.29, 0.717) is 5.92 Å². The highest BCUT2D eigenvalue weighted by Crippen LogP contribution is 2.12. The zero-order valence-corrected chi connectivity index (χ0v) is 10.2. The summed E-state index contributed by atoms with van der Waals surface area (Å²) in [7, 11) is 0. The molecule has 0 amide bonds. The summed E-state index contributed by atoms with van der Waals surface area (Å²) in [6, 6.07) is 1.43. The van der Waals surface area contributed by atoms with Crippen LogP contribution in [0.3, 0.4) is 0 Å². The Bertz CT molecular complexity index is 327. The number of halogens is 1. The van der Waals surface area contributed by atoms with Crippen LogP contribution in [0.2, 0.25) is 0 Å². The summed E-state index contributed by atoms with van der Waals surface area (Å²) in [5.41, 5.74) is 0. The molecule has 0 aliphatic rings. The van der Waals surface area contributed by atoms with E-state index in [0.717, 1.165) is 24.7 Å². The Morgan fingerprint density at radius 3 is 2.93 bits per heavy atom. The highest BCUT2D eigenvalue weighted by atomic mass is 79.9. The van der Waals surface area contributed by atoms with Gasteiger partial charge in [0.05, 0.1) is 23.9 Å². The van der Waals surface area contributed by atoms with Gasteiger partial charge in [-0.05, 0) is 23.7 Å². The Hall–Kier alpha value is -0.910. The molecular formula is C9H14BrN3O2. The average Bonchev–Trinajstić information content (AvgIpc) is 2.63. The molecule has 0 saturated heterocycles. The summed E-state index contributed by atoms with van der Waals surface area (Å²) < 4.78 is 1.63. The normalized spacial score (nSPS) is 12.7. The molecule has 0 saturated carbocycles. The van der Waals surface area contributed by atoms with Crippen molar-refractivity contribution in [2.75, 3.05) is 5.33 Å². The standard InChI is InChI=1S/C9H14BrN3O2/c1-8(2-5-10)3-6-12-7-4-9(11-12)13(14)15/h4,7-8H,2-3,5-6H2,1H3. The zero-order chi connectivity index (χ0) is 11.3. The average molecular weight is 276 g/mol. The zero-order valence-electron chi connectivity index (χ0n) is 8.60. The quantitative estimate of drug-likeness (QED) is 0.456. The van der Waals surface area contributed by atoms with Crippen molar-refractivity contribution in [1.82, 2.24) is 9.78 Å². The number of rotatable bonds is 6. The summed E-state index contributed by atoms with van der Waals surface area (Å²) in [5.74, 6) is 0.524. The Morgan fingerprint density at radius 1 is 1.67 bits per heavy atom. The number of hydrogen-bond donors (Lipinski definition) is 0. The van der Waals surface area contributed by atoms with Gasteiger partial charge in [-0.15, -0.1) is 0 Å². The van der Waals surface area contributed by atoms with Crippen LogP contribution in [0.1, 0.15) is 19.8 Å². The van der Waals surface area contributed by atoms with Crippen molar-refractivity contribution in [3.8, 4) is 0 Å². The minimum absolute atomic E-state index is 0.0804. The van der Waals surface area contributed by atoms with Crippen LogP contribution < -0.4 is 0 Å². The van der Waals surface area contributed by atoms with Gasteiger partial charge in [0.2, 0.25) is 0 Å². The first-order valence-corrected chi connectivity index (χ1v) is 5.99. The lowest BCUT2D eigenvalue weighted by Gasteiger charge is -2.06. The molecule has 6 heteroatoms. The van der Waals surface area contributed by atoms with Gasteiger partial charge in [0.1, 0.15) is 0 Å². The van der Waals surface area contributed by atoms with Crippen molar-refractivity contribution in [2.45, 2.75) is 26.3 Å². The predicted molar refractivity (Wildman–Crippen MR) is 61.1 cm³/mol. The SMILES string of the molecule is CC(CCBr)CCn1ccc([N+](=O)[O-])n1. The number of nitrogens with zero attached hydrogens (tertiary/aromatic N) is 3. The van der Waals surface area contributed by atoms with Gasteiger partial charge in [0.15, 0.2) is 0 Å². The molecule has 1 unspecified atom stereocenters. The largest absolute Gasteiger partial charge is 0.389 e. The Kier molecular flexibility index (Phi) is 4.74. The molecule has 1 heterocycles. The molecule has 15 heavy (non-hydrogen) atoms. The van der Waals surface area contributed by atoms with E-state index >= 15 is 0 Å². The molecule has 1 aromatic heterocycles. The van der Waals surface area contributed by atoms with Crippen molar-refractivity contribution in [3.63, 3.8) is 0 Å². The minimum atomic E-state index is -0.474. The molecule has 0 aliphatic carbocycles. The van der Waals surface area contributed by atoms with Crippen LogP contribution in [-0.4, -0.2) is 20.0 Å². The molecular weight excluding hydrogens is 262 g/mol. The van der Waals surface area contributed by atoms with E-state index in [-0.39, 0.29) is 5.82 Å². The van der Waals surface area contributed by atoms with Crippen LogP contribution in [0.4, 0.5) is 5.82 Å². The van der Waals surface area contributed by atoms with E-state index in [1.165, 1.54) is 6.07 Å². The molecule has 0 fully saturated rings. The molecule has 1 rings (SSSR count). The second-order valence-electron chi connectivity index (χ2n) is 3.57. The van der Waals surface area contributed by atoms with Crippen molar-refractivity contribution < 1.29 is 4.92 Å². The maximum atomic E-state index is 10.4. The van der Waals surface area contributed by atoms with Crippen molar-refractivity contribution in [2.24, 2.45) is 5.92 Å². The smallest absolute Gasteiger partial charge is 0.358 e. The summed E-state index contributed by atoms with van der Waals surface area (Å²) in [6.45, 7) is 2.90. The molecule has 84 valence electrons. The van der Waals surface area contributed by atoms with Gasteiger partial charge in [0, 0.05) is 5.33 Å². The van der Waals surface area contributed by atoms with Gasteiger partial charge in [-0.2, -0.15) is 4.68 Å². The third-order valence-electron chi connectivity index (χ3n) is 2.27. The number of aromatic nitrogens is 2. The van der Waals surface area contributed by atoms with E-state index < -0.39 is 4.92 Å².